The summed E-state index contributed by atoms with van der Waals surface area (Å²) in [6.45, 7) is 0. The van der Waals surface area contributed by atoms with Crippen LogP contribution in [0, 0.1) is 11.3 Å². The normalized spacial score (nSPS) is 12.2. The van der Waals surface area contributed by atoms with Crippen molar-refractivity contribution in [3.05, 3.63) is 48.0 Å². The summed E-state index contributed by atoms with van der Waals surface area (Å²) in [5.74, 6) is 0. The Kier molecular flexibility index (Phi) is 2.39. The minimum absolute atomic E-state index is 0.684. The van der Waals surface area contributed by atoms with Gasteiger partial charge in [-0.15, -0.1) is 0 Å². The predicted octanol–water partition coefficient (Wildman–Crippen LogP) is 3.63. The van der Waals surface area contributed by atoms with Crippen LogP contribution >= 0.6 is 12.1 Å². The number of benzene rings is 2. The molecule has 1 aliphatic rings. The summed E-state index contributed by atoms with van der Waals surface area (Å²) in [7, 11) is 0. The van der Waals surface area contributed by atoms with Crippen molar-refractivity contribution in [2.75, 3.05) is 9.44 Å². The number of hydrogen-bond donors (Lipinski definition) is 2. The van der Waals surface area contributed by atoms with Gasteiger partial charge < -0.3 is 9.44 Å². The van der Waals surface area contributed by atoms with E-state index in [2.05, 4.69) is 27.6 Å². The molecule has 0 bridgehead atoms. The van der Waals surface area contributed by atoms with Gasteiger partial charge in [0.25, 0.3) is 0 Å². The molecule has 0 fully saturated rings. The summed E-state index contributed by atoms with van der Waals surface area (Å²) in [5.41, 5.74) is 5.02. The number of rotatable bonds is 1. The monoisotopic (exact) mass is 239 g/mol. The summed E-state index contributed by atoms with van der Waals surface area (Å²) >= 11 is 1.46. The summed E-state index contributed by atoms with van der Waals surface area (Å²) < 4.78 is 6.33. The van der Waals surface area contributed by atoms with Gasteiger partial charge in [-0.1, -0.05) is 18.2 Å². The Morgan fingerprint density at radius 3 is 2.65 bits per heavy atom. The lowest BCUT2D eigenvalue weighted by Gasteiger charge is -2.04. The van der Waals surface area contributed by atoms with Gasteiger partial charge in [0.15, 0.2) is 0 Å². The Labute approximate surface area is 104 Å². The average Bonchev–Trinajstić information content (AvgIpc) is 2.86. The molecule has 2 N–H and O–H groups in total. The van der Waals surface area contributed by atoms with E-state index in [-0.39, 0.29) is 0 Å². The molecule has 0 aromatic heterocycles. The number of nitrogens with one attached hydrogen (secondary N) is 2. The number of nitriles is 1. The maximum atomic E-state index is 8.89. The molecule has 0 aliphatic carbocycles. The number of hydrogen-bond acceptors (Lipinski definition) is 4. The lowest BCUT2D eigenvalue weighted by molar-refractivity contribution is 1.48. The molecule has 2 aromatic carbocycles. The van der Waals surface area contributed by atoms with Crippen molar-refractivity contribution in [3.63, 3.8) is 0 Å². The highest BCUT2D eigenvalue weighted by Gasteiger charge is 2.10. The van der Waals surface area contributed by atoms with Crippen molar-refractivity contribution in [1.29, 1.82) is 5.26 Å². The van der Waals surface area contributed by atoms with Crippen LogP contribution in [0.3, 0.4) is 0 Å². The van der Waals surface area contributed by atoms with Gasteiger partial charge in [-0.25, -0.2) is 0 Å². The first-order valence-electron chi connectivity index (χ1n) is 5.19. The van der Waals surface area contributed by atoms with Crippen LogP contribution in [0.15, 0.2) is 42.5 Å². The van der Waals surface area contributed by atoms with Gasteiger partial charge in [0.05, 0.1) is 35.1 Å². The third kappa shape index (κ3) is 1.81. The predicted molar refractivity (Wildman–Crippen MR) is 71.4 cm³/mol. The van der Waals surface area contributed by atoms with E-state index < -0.39 is 0 Å². The molecule has 1 aliphatic heterocycles. The Morgan fingerprint density at radius 1 is 0.941 bits per heavy atom. The van der Waals surface area contributed by atoms with Gasteiger partial charge in [-0.05, 0) is 35.4 Å². The van der Waals surface area contributed by atoms with Crippen LogP contribution in [-0.2, 0) is 0 Å². The first kappa shape index (κ1) is 10.1. The molecule has 0 amide bonds. The van der Waals surface area contributed by atoms with Crippen LogP contribution in [-0.4, -0.2) is 0 Å². The molecule has 1 heterocycles. The van der Waals surface area contributed by atoms with Gasteiger partial charge >= 0.3 is 0 Å². The molecular weight excluding hydrogens is 230 g/mol. The zero-order valence-corrected chi connectivity index (χ0v) is 9.71. The van der Waals surface area contributed by atoms with E-state index in [0.29, 0.717) is 5.56 Å². The van der Waals surface area contributed by atoms with E-state index in [1.807, 2.05) is 30.3 Å². The van der Waals surface area contributed by atoms with Crippen LogP contribution < -0.4 is 9.44 Å². The molecular formula is C13H9N3S. The van der Waals surface area contributed by atoms with Crippen molar-refractivity contribution < 1.29 is 0 Å². The summed E-state index contributed by atoms with van der Waals surface area (Å²) in [4.78, 5) is 0. The maximum absolute atomic E-state index is 8.89. The Hall–Kier alpha value is -2.12. The summed E-state index contributed by atoms with van der Waals surface area (Å²) in [6, 6.07) is 16.0. The molecule has 0 saturated carbocycles. The van der Waals surface area contributed by atoms with Gasteiger partial charge in [0.2, 0.25) is 0 Å². The first-order chi connectivity index (χ1) is 8.36. The van der Waals surface area contributed by atoms with E-state index in [1.165, 1.54) is 12.1 Å². The third-order valence-corrected chi connectivity index (χ3v) is 3.31. The van der Waals surface area contributed by atoms with Gasteiger partial charge in [0, 0.05) is 0 Å². The van der Waals surface area contributed by atoms with Gasteiger partial charge in [0.1, 0.15) is 0 Å². The molecule has 0 unspecified atom stereocenters. The van der Waals surface area contributed by atoms with Crippen LogP contribution in [0.1, 0.15) is 5.56 Å². The highest BCUT2D eigenvalue weighted by molar-refractivity contribution is 8.02. The van der Waals surface area contributed by atoms with E-state index in [4.69, 9.17) is 5.26 Å². The van der Waals surface area contributed by atoms with Gasteiger partial charge in [-0.2, -0.15) is 5.26 Å². The maximum Gasteiger partial charge on any atom is 0.0991 e. The van der Waals surface area contributed by atoms with Crippen LogP contribution in [0.25, 0.3) is 11.1 Å². The standard InChI is InChI=1S/C13H9N3S/c14-8-9-2-1-3-10(6-9)11-4-5-12-13(7-11)16-17-15-12/h1-7,15-16H. The third-order valence-electron chi connectivity index (χ3n) is 2.67. The summed E-state index contributed by atoms with van der Waals surface area (Å²) in [6.07, 6.45) is 0. The number of anilines is 2. The van der Waals surface area contributed by atoms with Crippen molar-refractivity contribution in [1.82, 2.24) is 0 Å². The lowest BCUT2D eigenvalue weighted by atomic mass is 10.0. The highest BCUT2D eigenvalue weighted by atomic mass is 32.2. The molecule has 0 spiro atoms. The van der Waals surface area contributed by atoms with E-state index in [0.717, 1.165) is 22.5 Å². The largest absolute Gasteiger partial charge is 0.310 e. The Morgan fingerprint density at radius 2 is 1.76 bits per heavy atom. The van der Waals surface area contributed by atoms with Crippen molar-refractivity contribution in [2.24, 2.45) is 0 Å². The van der Waals surface area contributed by atoms with Crippen LogP contribution in [0.5, 0.6) is 0 Å². The minimum atomic E-state index is 0.684. The molecule has 0 saturated heterocycles. The summed E-state index contributed by atoms with van der Waals surface area (Å²) in [5, 5.41) is 8.89. The average molecular weight is 239 g/mol. The minimum Gasteiger partial charge on any atom is -0.310 e. The molecule has 17 heavy (non-hydrogen) atoms. The second-order valence-electron chi connectivity index (χ2n) is 3.76. The second kappa shape index (κ2) is 4.04. The fourth-order valence-corrected chi connectivity index (χ4v) is 2.42. The highest BCUT2D eigenvalue weighted by Crippen LogP contribution is 2.36. The zero-order valence-electron chi connectivity index (χ0n) is 8.90. The van der Waals surface area contributed by atoms with Crippen LogP contribution in [0.2, 0.25) is 0 Å². The van der Waals surface area contributed by atoms with E-state index in [1.54, 1.807) is 0 Å². The molecule has 3 rings (SSSR count). The quantitative estimate of drug-likeness (QED) is 0.746. The SMILES string of the molecule is N#Cc1cccc(-c2ccc3c(c2)NSN3)c1. The fraction of sp³-hybridized carbons (Fsp3) is 0. The van der Waals surface area contributed by atoms with Crippen LogP contribution in [0.4, 0.5) is 11.4 Å². The molecule has 2 aromatic rings. The van der Waals surface area contributed by atoms with Crippen molar-refractivity contribution in [3.8, 4) is 17.2 Å². The molecule has 4 heteroatoms. The van der Waals surface area contributed by atoms with E-state index >= 15 is 0 Å². The number of fused-ring (bicyclic) bond motifs is 1. The van der Waals surface area contributed by atoms with Crippen molar-refractivity contribution in [2.45, 2.75) is 0 Å². The topological polar surface area (TPSA) is 47.9 Å². The van der Waals surface area contributed by atoms with Gasteiger partial charge in [-0.3, -0.25) is 0 Å². The molecule has 82 valence electrons. The zero-order chi connectivity index (χ0) is 11.7. The van der Waals surface area contributed by atoms with E-state index in [9.17, 15) is 0 Å². The Bertz CT molecular complexity index is 616. The number of nitrogens with zero attached hydrogens (tertiary/aromatic N) is 1. The molecule has 3 nitrogen and oxygen atoms in total. The second-order valence-corrected chi connectivity index (χ2v) is 4.37. The van der Waals surface area contributed by atoms with Crippen molar-refractivity contribution >= 4 is 23.5 Å². The Balaban J connectivity index is 2.07. The molecule has 0 radical (unpaired) electrons. The molecule has 0 atom stereocenters. The smallest absolute Gasteiger partial charge is 0.0991 e. The lowest BCUT2D eigenvalue weighted by Crippen LogP contribution is -1.82. The first-order valence-corrected chi connectivity index (χ1v) is 6.01. The fourth-order valence-electron chi connectivity index (χ4n) is 1.80.